The highest BCUT2D eigenvalue weighted by molar-refractivity contribution is 7.10. The molecule has 0 radical (unpaired) electrons. The molecule has 0 bridgehead atoms. The van der Waals surface area contributed by atoms with Gasteiger partial charge in [0.2, 0.25) is 0 Å². The molecular formula is C24H24N2O5S. The van der Waals surface area contributed by atoms with Crippen molar-refractivity contribution in [1.82, 2.24) is 10.3 Å². The lowest BCUT2D eigenvalue weighted by Gasteiger charge is -2.20. The number of aldehydes is 2. The molecule has 4 rings (SSSR count). The highest BCUT2D eigenvalue weighted by Crippen LogP contribution is 2.43. The Morgan fingerprint density at radius 3 is 2.59 bits per heavy atom. The number of benzene rings is 1. The maximum atomic E-state index is 12.2. The Bertz CT molecular complexity index is 1140. The molecule has 1 aliphatic heterocycles. The Balaban J connectivity index is 0.000000523. The average molecular weight is 453 g/mol. The largest absolute Gasteiger partial charge is 0.487 e. The maximum absolute atomic E-state index is 12.2. The summed E-state index contributed by atoms with van der Waals surface area (Å²) in [6.45, 7) is 3.74. The van der Waals surface area contributed by atoms with Gasteiger partial charge >= 0.3 is 5.97 Å². The minimum atomic E-state index is -0.690. The van der Waals surface area contributed by atoms with Crippen LogP contribution in [0.25, 0.3) is 22.3 Å². The van der Waals surface area contributed by atoms with Crippen LogP contribution in [-0.2, 0) is 11.3 Å². The summed E-state index contributed by atoms with van der Waals surface area (Å²) in [7, 11) is 3.19. The van der Waals surface area contributed by atoms with E-state index >= 15 is 0 Å². The third kappa shape index (κ3) is 4.76. The van der Waals surface area contributed by atoms with Crippen molar-refractivity contribution >= 4 is 29.9 Å². The number of hydrogen-bond donors (Lipinski definition) is 1. The van der Waals surface area contributed by atoms with Crippen molar-refractivity contribution in [3.8, 4) is 28.0 Å². The SMILES string of the molecule is CCCNC.COC(=O)c1nc(C=O)ccc1-c1cc2c(cc1C=O)-c1ccsc1CO2. The molecule has 1 aromatic carbocycles. The van der Waals surface area contributed by atoms with Gasteiger partial charge in [-0.3, -0.25) is 9.59 Å². The molecule has 3 heterocycles. The third-order valence-electron chi connectivity index (χ3n) is 4.88. The summed E-state index contributed by atoms with van der Waals surface area (Å²) < 4.78 is 10.6. The lowest BCUT2D eigenvalue weighted by atomic mass is 9.93. The van der Waals surface area contributed by atoms with Crippen LogP contribution in [0.15, 0.2) is 35.7 Å². The Labute approximate surface area is 190 Å². The fraction of sp³-hybridized carbons (Fsp3) is 0.250. The van der Waals surface area contributed by atoms with Gasteiger partial charge in [-0.05, 0) is 61.3 Å². The van der Waals surface area contributed by atoms with Gasteiger partial charge in [-0.25, -0.2) is 9.78 Å². The number of carbonyl (C=O) groups is 3. The molecule has 166 valence electrons. The Morgan fingerprint density at radius 2 is 1.97 bits per heavy atom. The summed E-state index contributed by atoms with van der Waals surface area (Å²) in [4.78, 5) is 40.1. The van der Waals surface area contributed by atoms with E-state index in [0.717, 1.165) is 28.8 Å². The van der Waals surface area contributed by atoms with Crippen molar-refractivity contribution in [2.24, 2.45) is 0 Å². The Morgan fingerprint density at radius 1 is 1.16 bits per heavy atom. The van der Waals surface area contributed by atoms with Crippen molar-refractivity contribution in [3.05, 3.63) is 57.5 Å². The first-order chi connectivity index (χ1) is 15.6. The molecule has 0 saturated carbocycles. The maximum Gasteiger partial charge on any atom is 0.357 e. The molecule has 8 heteroatoms. The molecule has 3 aromatic rings. The van der Waals surface area contributed by atoms with Crippen LogP contribution in [0.3, 0.4) is 0 Å². The van der Waals surface area contributed by atoms with Crippen molar-refractivity contribution in [1.29, 1.82) is 0 Å². The van der Waals surface area contributed by atoms with E-state index in [4.69, 9.17) is 9.47 Å². The van der Waals surface area contributed by atoms with E-state index in [9.17, 15) is 14.4 Å². The van der Waals surface area contributed by atoms with Crippen LogP contribution in [0.4, 0.5) is 0 Å². The molecule has 1 N–H and O–H groups in total. The highest BCUT2D eigenvalue weighted by atomic mass is 32.1. The van der Waals surface area contributed by atoms with Gasteiger partial charge in [-0.2, -0.15) is 0 Å². The minimum Gasteiger partial charge on any atom is -0.487 e. The Kier molecular flexibility index (Phi) is 7.86. The highest BCUT2D eigenvalue weighted by Gasteiger charge is 2.24. The standard InChI is InChI=1S/C20H13NO5S.C4H11N/c1-25-20(24)19-14(3-2-12(9-23)21-19)15-7-17-16(6-11(15)8-22)13-4-5-27-18(13)10-26-17;1-3-4-5-2/h2-9H,10H2,1H3;5H,3-4H2,1-2H3. The molecule has 32 heavy (non-hydrogen) atoms. The van der Waals surface area contributed by atoms with Gasteiger partial charge in [0.1, 0.15) is 18.1 Å². The zero-order valence-corrected chi connectivity index (χ0v) is 19.0. The molecule has 0 spiro atoms. The first kappa shape index (κ1) is 23.3. The first-order valence-corrected chi connectivity index (χ1v) is 11.0. The van der Waals surface area contributed by atoms with E-state index in [1.54, 1.807) is 29.5 Å². The van der Waals surface area contributed by atoms with Crippen LogP contribution in [0.1, 0.15) is 49.6 Å². The van der Waals surface area contributed by atoms with Crippen molar-refractivity contribution in [2.75, 3.05) is 20.7 Å². The average Bonchev–Trinajstić information content (AvgIpc) is 3.32. The molecule has 0 unspecified atom stereocenters. The first-order valence-electron chi connectivity index (χ1n) is 10.1. The number of ether oxygens (including phenoxy) is 2. The number of esters is 1. The fourth-order valence-electron chi connectivity index (χ4n) is 3.35. The van der Waals surface area contributed by atoms with Gasteiger partial charge in [0, 0.05) is 27.1 Å². The van der Waals surface area contributed by atoms with Crippen LogP contribution in [0.5, 0.6) is 5.75 Å². The second kappa shape index (κ2) is 10.8. The van der Waals surface area contributed by atoms with Crippen LogP contribution >= 0.6 is 11.3 Å². The van der Waals surface area contributed by atoms with Crippen LogP contribution in [0.2, 0.25) is 0 Å². The quantitative estimate of drug-likeness (QED) is 0.438. The number of nitrogens with zero attached hydrogens (tertiary/aromatic N) is 1. The second-order valence-corrected chi connectivity index (χ2v) is 7.95. The smallest absolute Gasteiger partial charge is 0.357 e. The van der Waals surface area contributed by atoms with E-state index in [2.05, 4.69) is 17.2 Å². The van der Waals surface area contributed by atoms with Crippen molar-refractivity contribution in [3.63, 3.8) is 0 Å². The summed E-state index contributed by atoms with van der Waals surface area (Å²) in [6.07, 6.45) is 2.51. The third-order valence-corrected chi connectivity index (χ3v) is 5.77. The summed E-state index contributed by atoms with van der Waals surface area (Å²) in [6, 6.07) is 8.54. The predicted octanol–water partition coefficient (Wildman–Crippen LogP) is 4.40. The number of thiophene rings is 1. The monoisotopic (exact) mass is 452 g/mol. The number of nitrogens with one attached hydrogen (secondary N) is 1. The van der Waals surface area contributed by atoms with E-state index in [1.165, 1.54) is 19.6 Å². The van der Waals surface area contributed by atoms with Crippen LogP contribution in [0, 0.1) is 0 Å². The fourth-order valence-corrected chi connectivity index (χ4v) is 4.15. The van der Waals surface area contributed by atoms with Crippen LogP contribution < -0.4 is 10.1 Å². The van der Waals surface area contributed by atoms with E-state index in [0.29, 0.717) is 35.3 Å². The molecule has 7 nitrogen and oxygen atoms in total. The zero-order valence-electron chi connectivity index (χ0n) is 18.1. The van der Waals surface area contributed by atoms with E-state index in [-0.39, 0.29) is 11.4 Å². The molecule has 0 saturated heterocycles. The zero-order chi connectivity index (χ0) is 23.1. The lowest BCUT2D eigenvalue weighted by molar-refractivity contribution is 0.0594. The van der Waals surface area contributed by atoms with Crippen LogP contribution in [-0.4, -0.2) is 44.2 Å². The van der Waals surface area contributed by atoms with E-state index < -0.39 is 5.97 Å². The van der Waals surface area contributed by atoms with Gasteiger partial charge in [0.25, 0.3) is 0 Å². The predicted molar refractivity (Wildman–Crippen MR) is 124 cm³/mol. The summed E-state index contributed by atoms with van der Waals surface area (Å²) in [5.74, 6) is -0.0684. The minimum absolute atomic E-state index is 0.0304. The van der Waals surface area contributed by atoms with Gasteiger partial charge in [0.05, 0.1) is 7.11 Å². The van der Waals surface area contributed by atoms with Gasteiger partial charge in [0.15, 0.2) is 18.3 Å². The molecule has 0 fully saturated rings. The van der Waals surface area contributed by atoms with Crippen molar-refractivity contribution < 1.29 is 23.9 Å². The number of hydrogen-bond acceptors (Lipinski definition) is 8. The normalized spacial score (nSPS) is 11.2. The van der Waals surface area contributed by atoms with E-state index in [1.807, 2.05) is 18.5 Å². The number of fused-ring (bicyclic) bond motifs is 3. The molecule has 0 atom stereocenters. The molecule has 1 aliphatic rings. The molecular weight excluding hydrogens is 428 g/mol. The number of pyridine rings is 1. The number of carbonyl (C=O) groups excluding carboxylic acids is 3. The topological polar surface area (TPSA) is 94.6 Å². The van der Waals surface area contributed by atoms with Gasteiger partial charge in [-0.1, -0.05) is 6.92 Å². The summed E-state index contributed by atoms with van der Waals surface area (Å²) >= 11 is 1.60. The van der Waals surface area contributed by atoms with Gasteiger partial charge in [-0.15, -0.1) is 11.3 Å². The molecule has 2 aromatic heterocycles. The summed E-state index contributed by atoms with van der Waals surface area (Å²) in [5.41, 5.74) is 3.23. The summed E-state index contributed by atoms with van der Waals surface area (Å²) in [5, 5.41) is 5.00. The van der Waals surface area contributed by atoms with Gasteiger partial charge < -0.3 is 14.8 Å². The second-order valence-electron chi connectivity index (χ2n) is 6.94. The molecule has 0 aliphatic carbocycles. The lowest BCUT2D eigenvalue weighted by Crippen LogP contribution is -2.10. The van der Waals surface area contributed by atoms with Crippen molar-refractivity contribution in [2.45, 2.75) is 20.0 Å². The number of rotatable bonds is 6. The number of methoxy groups -OCH3 is 1. The Hall–Kier alpha value is -3.36. The number of aromatic nitrogens is 1. The molecule has 0 amide bonds.